The third kappa shape index (κ3) is 2.35. The summed E-state index contributed by atoms with van der Waals surface area (Å²) in [5, 5.41) is 8.54. The Bertz CT molecular complexity index is 915. The van der Waals surface area contributed by atoms with E-state index in [0.29, 0.717) is 17.0 Å². The van der Waals surface area contributed by atoms with Gasteiger partial charge in [-0.3, -0.25) is 24.3 Å². The summed E-state index contributed by atoms with van der Waals surface area (Å²) in [6.45, 7) is 0. The van der Waals surface area contributed by atoms with Gasteiger partial charge in [0.25, 0.3) is 0 Å². The number of carbonyl (C=O) groups excluding carboxylic acids is 4. The number of ketones is 2. The Morgan fingerprint density at radius 1 is 1.31 bits per heavy atom. The highest BCUT2D eigenvalue weighted by molar-refractivity contribution is 8.02. The maximum absolute atomic E-state index is 13.0. The van der Waals surface area contributed by atoms with Gasteiger partial charge in [0, 0.05) is 23.2 Å². The number of amides is 2. The SMILES string of the molecule is NC(=O)C1C(=O)C2C(=O)C=CC(c3ccn[nH]3)=C2N(C2C=CSC2)C1=O. The van der Waals surface area contributed by atoms with Gasteiger partial charge in [-0.05, 0) is 23.6 Å². The number of fused-ring (bicyclic) bond motifs is 1. The molecule has 1 aromatic heterocycles. The number of hydrogen-bond donors (Lipinski definition) is 2. The number of nitrogens with one attached hydrogen (secondary N) is 1. The second-order valence-corrected chi connectivity index (χ2v) is 7.05. The summed E-state index contributed by atoms with van der Waals surface area (Å²) in [5.74, 6) is -5.28. The molecule has 3 N–H and O–H groups in total. The van der Waals surface area contributed by atoms with Crippen molar-refractivity contribution >= 4 is 40.7 Å². The van der Waals surface area contributed by atoms with Crippen LogP contribution in [0.2, 0.25) is 0 Å². The monoisotopic (exact) mass is 370 g/mol. The Morgan fingerprint density at radius 3 is 2.73 bits per heavy atom. The van der Waals surface area contributed by atoms with Gasteiger partial charge in [-0.2, -0.15) is 5.10 Å². The predicted molar refractivity (Wildman–Crippen MR) is 93.1 cm³/mol. The number of H-pyrrole nitrogens is 1. The van der Waals surface area contributed by atoms with Crippen LogP contribution in [0, 0.1) is 11.8 Å². The number of rotatable bonds is 3. The van der Waals surface area contributed by atoms with Gasteiger partial charge < -0.3 is 10.6 Å². The van der Waals surface area contributed by atoms with Gasteiger partial charge in [0.2, 0.25) is 11.8 Å². The molecule has 0 spiro atoms. The Morgan fingerprint density at radius 2 is 2.12 bits per heavy atom. The molecule has 26 heavy (non-hydrogen) atoms. The third-order valence-corrected chi connectivity index (χ3v) is 5.52. The summed E-state index contributed by atoms with van der Waals surface area (Å²) in [6, 6.07) is 1.32. The van der Waals surface area contributed by atoms with Crippen LogP contribution in [-0.4, -0.2) is 50.3 Å². The number of nitrogens with zero attached hydrogens (tertiary/aromatic N) is 2. The first-order chi connectivity index (χ1) is 12.5. The van der Waals surface area contributed by atoms with Gasteiger partial charge in [0.05, 0.1) is 11.7 Å². The zero-order valence-electron chi connectivity index (χ0n) is 13.4. The number of Topliss-reactive ketones (excluding diaryl/α,β-unsaturated/α-hetero) is 1. The van der Waals surface area contributed by atoms with E-state index in [2.05, 4.69) is 10.2 Å². The molecule has 4 rings (SSSR count). The summed E-state index contributed by atoms with van der Waals surface area (Å²) in [5.41, 5.74) is 6.70. The first-order valence-electron chi connectivity index (χ1n) is 7.91. The highest BCUT2D eigenvalue weighted by Gasteiger charge is 2.53. The summed E-state index contributed by atoms with van der Waals surface area (Å²) < 4.78 is 0. The number of carbonyl (C=O) groups is 4. The molecule has 1 saturated heterocycles. The topological polar surface area (TPSA) is 126 Å². The molecule has 3 unspecified atom stereocenters. The highest BCUT2D eigenvalue weighted by atomic mass is 32.2. The molecule has 2 aliphatic heterocycles. The number of likely N-dealkylation sites (tertiary alicyclic amines) is 1. The minimum Gasteiger partial charge on any atom is -0.369 e. The molecule has 3 atom stereocenters. The smallest absolute Gasteiger partial charge is 0.247 e. The molecule has 8 nitrogen and oxygen atoms in total. The number of primary amides is 1. The molecule has 0 saturated carbocycles. The van der Waals surface area contributed by atoms with Crippen LogP contribution >= 0.6 is 11.8 Å². The summed E-state index contributed by atoms with van der Waals surface area (Å²) in [4.78, 5) is 51.5. The molecule has 9 heteroatoms. The van der Waals surface area contributed by atoms with Crippen molar-refractivity contribution < 1.29 is 19.2 Å². The molecular weight excluding hydrogens is 356 g/mol. The van der Waals surface area contributed by atoms with Crippen LogP contribution in [0.15, 0.2) is 41.6 Å². The third-order valence-electron chi connectivity index (χ3n) is 4.63. The van der Waals surface area contributed by atoms with Crippen molar-refractivity contribution in [3.8, 4) is 0 Å². The lowest BCUT2D eigenvalue weighted by Gasteiger charge is -2.41. The summed E-state index contributed by atoms with van der Waals surface area (Å²) in [7, 11) is 0. The van der Waals surface area contributed by atoms with E-state index in [0.717, 1.165) is 0 Å². The standard InChI is InChI=1S/C17H14N4O4S/c18-16(24)13-15(23)12-11(22)2-1-9(10-3-5-19-20-10)14(12)21(17(13)25)8-4-6-26-7-8/h1-6,8,12-13H,7H2,(H2,18,24)(H,19,20). The highest BCUT2D eigenvalue weighted by Crippen LogP contribution is 2.40. The van der Waals surface area contributed by atoms with E-state index < -0.39 is 35.2 Å². The van der Waals surface area contributed by atoms with E-state index in [1.807, 2.05) is 11.5 Å². The minimum atomic E-state index is -1.65. The number of aromatic amines is 1. The zero-order chi connectivity index (χ0) is 18.4. The van der Waals surface area contributed by atoms with Crippen LogP contribution in [0.4, 0.5) is 0 Å². The van der Waals surface area contributed by atoms with E-state index in [-0.39, 0.29) is 11.7 Å². The number of thioether (sulfide) groups is 1. The van der Waals surface area contributed by atoms with Crippen molar-refractivity contribution in [2.75, 3.05) is 5.75 Å². The van der Waals surface area contributed by atoms with Gasteiger partial charge in [-0.25, -0.2) is 0 Å². The molecule has 3 heterocycles. The number of allylic oxidation sites excluding steroid dienone is 4. The Hall–Kier alpha value is -2.94. The molecule has 3 aliphatic rings. The first kappa shape index (κ1) is 16.5. The second-order valence-electron chi connectivity index (χ2n) is 6.11. The molecule has 0 radical (unpaired) electrons. The quantitative estimate of drug-likeness (QED) is 0.722. The minimum absolute atomic E-state index is 0.284. The van der Waals surface area contributed by atoms with Crippen molar-refractivity contribution in [1.29, 1.82) is 0 Å². The van der Waals surface area contributed by atoms with Gasteiger partial charge in [0.15, 0.2) is 17.5 Å². The van der Waals surface area contributed by atoms with Crippen molar-refractivity contribution in [1.82, 2.24) is 15.1 Å². The molecular formula is C17H14N4O4S. The number of piperidine rings is 1. The fourth-order valence-electron chi connectivity index (χ4n) is 3.48. The normalized spacial score (nSPS) is 28.1. The van der Waals surface area contributed by atoms with E-state index >= 15 is 0 Å². The maximum atomic E-state index is 13.0. The average molecular weight is 370 g/mol. The number of hydrogen-bond acceptors (Lipinski definition) is 6. The van der Waals surface area contributed by atoms with Crippen LogP contribution in [0.3, 0.4) is 0 Å². The number of aromatic nitrogens is 2. The summed E-state index contributed by atoms with van der Waals surface area (Å²) in [6.07, 6.45) is 6.20. The molecule has 2 amide bonds. The van der Waals surface area contributed by atoms with E-state index in [1.54, 1.807) is 12.1 Å². The zero-order valence-corrected chi connectivity index (χ0v) is 14.2. The van der Waals surface area contributed by atoms with Crippen LogP contribution in [0.1, 0.15) is 5.69 Å². The lowest BCUT2D eigenvalue weighted by Crippen LogP contribution is -2.58. The second kappa shape index (κ2) is 6.10. The molecule has 0 bridgehead atoms. The van der Waals surface area contributed by atoms with Gasteiger partial charge in [0.1, 0.15) is 5.92 Å². The lowest BCUT2D eigenvalue weighted by molar-refractivity contribution is -0.151. The van der Waals surface area contributed by atoms with Gasteiger partial charge >= 0.3 is 0 Å². The van der Waals surface area contributed by atoms with Crippen molar-refractivity contribution in [2.24, 2.45) is 17.6 Å². The van der Waals surface area contributed by atoms with E-state index in [4.69, 9.17) is 5.73 Å². The molecule has 0 aromatic carbocycles. The van der Waals surface area contributed by atoms with Gasteiger partial charge in [-0.1, -0.05) is 6.08 Å². The van der Waals surface area contributed by atoms with Crippen LogP contribution in [-0.2, 0) is 19.2 Å². The predicted octanol–water partition coefficient (Wildman–Crippen LogP) is 0.0178. The Labute approximate surface area is 152 Å². The first-order valence-corrected chi connectivity index (χ1v) is 8.96. The van der Waals surface area contributed by atoms with Crippen molar-refractivity contribution in [2.45, 2.75) is 6.04 Å². The van der Waals surface area contributed by atoms with E-state index in [1.165, 1.54) is 28.9 Å². The van der Waals surface area contributed by atoms with Gasteiger partial charge in [-0.15, -0.1) is 11.8 Å². The van der Waals surface area contributed by atoms with Crippen LogP contribution in [0.5, 0.6) is 0 Å². The average Bonchev–Trinajstić information content (AvgIpc) is 3.28. The number of nitrogens with two attached hydrogens (primary N) is 1. The molecule has 1 aliphatic carbocycles. The maximum Gasteiger partial charge on any atom is 0.247 e. The molecule has 132 valence electrons. The van der Waals surface area contributed by atoms with Crippen molar-refractivity contribution in [3.05, 3.63) is 47.3 Å². The molecule has 1 aromatic rings. The van der Waals surface area contributed by atoms with Crippen molar-refractivity contribution in [3.63, 3.8) is 0 Å². The largest absolute Gasteiger partial charge is 0.369 e. The Kier molecular flexibility index (Phi) is 3.87. The van der Waals surface area contributed by atoms with E-state index in [9.17, 15) is 19.2 Å². The fourth-order valence-corrected chi connectivity index (χ4v) is 4.34. The van der Waals surface area contributed by atoms with Crippen LogP contribution in [0.25, 0.3) is 5.57 Å². The van der Waals surface area contributed by atoms with Crippen LogP contribution < -0.4 is 5.73 Å². The fraction of sp³-hybridized carbons (Fsp3) is 0.235. The lowest BCUT2D eigenvalue weighted by atomic mass is 9.76. The molecule has 1 fully saturated rings. The Balaban J connectivity index is 1.95. The summed E-state index contributed by atoms with van der Waals surface area (Å²) >= 11 is 1.51.